The summed E-state index contributed by atoms with van der Waals surface area (Å²) in [4.78, 5) is 27.4. The van der Waals surface area contributed by atoms with Crippen LogP contribution in [0.1, 0.15) is 21.6 Å². The molecule has 0 saturated heterocycles. The molecule has 0 bridgehead atoms. The van der Waals surface area contributed by atoms with Crippen molar-refractivity contribution < 1.29 is 14.7 Å². The maximum absolute atomic E-state index is 12.1. The van der Waals surface area contributed by atoms with E-state index in [1.54, 1.807) is 12.1 Å². The van der Waals surface area contributed by atoms with E-state index in [1.165, 1.54) is 23.5 Å². The first kappa shape index (κ1) is 16.9. The number of nitrogens with one attached hydrogen (secondary N) is 1. The first-order valence-electron chi connectivity index (χ1n) is 7.70. The maximum Gasteiger partial charge on any atom is 0.335 e. The van der Waals surface area contributed by atoms with Crippen LogP contribution in [0.2, 0.25) is 0 Å². The van der Waals surface area contributed by atoms with Crippen LogP contribution < -0.4 is 5.32 Å². The largest absolute Gasteiger partial charge is 0.478 e. The van der Waals surface area contributed by atoms with Gasteiger partial charge >= 0.3 is 5.97 Å². The number of rotatable bonds is 6. The zero-order chi connectivity index (χ0) is 17.6. The number of aromatic carboxylic acids is 1. The predicted molar refractivity (Wildman–Crippen MR) is 96.5 cm³/mol. The van der Waals surface area contributed by atoms with Gasteiger partial charge in [-0.15, -0.1) is 11.3 Å². The molecule has 0 radical (unpaired) electrons. The molecule has 1 heterocycles. The number of hydrogen-bond donors (Lipinski definition) is 2. The number of amides is 1. The lowest BCUT2D eigenvalue weighted by Gasteiger charge is -2.05. The van der Waals surface area contributed by atoms with E-state index in [1.807, 2.05) is 35.7 Å². The number of carboxylic acid groups (broad SMARTS) is 1. The molecular formula is C19H16N2O3S. The maximum atomic E-state index is 12.1. The summed E-state index contributed by atoms with van der Waals surface area (Å²) in [5.41, 5.74) is 2.85. The van der Waals surface area contributed by atoms with Crippen LogP contribution >= 0.6 is 11.3 Å². The molecule has 6 heteroatoms. The van der Waals surface area contributed by atoms with E-state index in [4.69, 9.17) is 5.11 Å². The van der Waals surface area contributed by atoms with Gasteiger partial charge in [-0.05, 0) is 17.7 Å². The molecule has 1 amide bonds. The minimum Gasteiger partial charge on any atom is -0.478 e. The van der Waals surface area contributed by atoms with E-state index in [9.17, 15) is 9.59 Å². The molecule has 5 nitrogen and oxygen atoms in total. The third-order valence-electron chi connectivity index (χ3n) is 3.60. The summed E-state index contributed by atoms with van der Waals surface area (Å²) in [7, 11) is 0. The van der Waals surface area contributed by atoms with Crippen molar-refractivity contribution >= 4 is 23.2 Å². The average molecular weight is 352 g/mol. The summed E-state index contributed by atoms with van der Waals surface area (Å²) < 4.78 is 0. The first-order chi connectivity index (χ1) is 12.1. The van der Waals surface area contributed by atoms with Crippen molar-refractivity contribution in [1.82, 2.24) is 10.3 Å². The molecule has 1 aromatic heterocycles. The topological polar surface area (TPSA) is 79.3 Å². The summed E-state index contributed by atoms with van der Waals surface area (Å²) in [6.07, 6.45) is 0.219. The number of thiazole rings is 1. The smallest absolute Gasteiger partial charge is 0.335 e. The van der Waals surface area contributed by atoms with Crippen molar-refractivity contribution in [2.75, 3.05) is 0 Å². The molecule has 3 aromatic rings. The summed E-state index contributed by atoms with van der Waals surface area (Å²) in [6.45, 7) is 0.356. The van der Waals surface area contributed by atoms with Crippen molar-refractivity contribution in [3.63, 3.8) is 0 Å². The van der Waals surface area contributed by atoms with E-state index >= 15 is 0 Å². The number of hydrogen-bond acceptors (Lipinski definition) is 4. The van der Waals surface area contributed by atoms with Gasteiger partial charge in [0.1, 0.15) is 5.01 Å². The van der Waals surface area contributed by atoms with Gasteiger partial charge in [-0.2, -0.15) is 0 Å². The molecule has 0 aliphatic carbocycles. The summed E-state index contributed by atoms with van der Waals surface area (Å²) in [5.74, 6) is -1.08. The van der Waals surface area contributed by atoms with E-state index in [-0.39, 0.29) is 17.9 Å². The Bertz CT molecular complexity index is 873. The lowest BCUT2D eigenvalue weighted by molar-refractivity contribution is -0.120. The number of carbonyl (C=O) groups is 2. The van der Waals surface area contributed by atoms with Gasteiger partial charge in [0.25, 0.3) is 0 Å². The molecule has 0 aliphatic rings. The second kappa shape index (κ2) is 7.72. The SMILES string of the molecule is O=C(Cc1csc(-c2ccccc2)n1)NCc1ccc(C(=O)O)cc1. The predicted octanol–water partition coefficient (Wildman–Crippen LogP) is 3.37. The number of carboxylic acids is 1. The molecule has 0 saturated carbocycles. The van der Waals surface area contributed by atoms with Crippen molar-refractivity contribution in [3.05, 3.63) is 76.8 Å². The summed E-state index contributed by atoms with van der Waals surface area (Å²) >= 11 is 1.52. The number of benzene rings is 2. The van der Waals surface area contributed by atoms with Gasteiger partial charge in [0.05, 0.1) is 17.7 Å². The number of carbonyl (C=O) groups excluding carboxylic acids is 1. The van der Waals surface area contributed by atoms with Crippen LogP contribution in [0.4, 0.5) is 0 Å². The molecule has 25 heavy (non-hydrogen) atoms. The van der Waals surface area contributed by atoms with Gasteiger partial charge in [0.15, 0.2) is 0 Å². The van der Waals surface area contributed by atoms with E-state index in [2.05, 4.69) is 10.3 Å². The molecule has 2 N–H and O–H groups in total. The van der Waals surface area contributed by atoms with Crippen LogP contribution in [0.15, 0.2) is 60.0 Å². The van der Waals surface area contributed by atoms with Crippen LogP contribution in [0.25, 0.3) is 10.6 Å². The second-order valence-electron chi connectivity index (χ2n) is 5.47. The highest BCUT2D eigenvalue weighted by Gasteiger charge is 2.09. The Kier molecular flexibility index (Phi) is 5.20. The Morgan fingerprint density at radius 3 is 2.44 bits per heavy atom. The monoisotopic (exact) mass is 352 g/mol. The molecule has 126 valence electrons. The molecule has 3 rings (SSSR count). The third kappa shape index (κ3) is 4.51. The highest BCUT2D eigenvalue weighted by atomic mass is 32.1. The lowest BCUT2D eigenvalue weighted by atomic mass is 10.1. The molecule has 0 spiro atoms. The standard InChI is InChI=1S/C19H16N2O3S/c22-17(20-11-13-6-8-15(9-7-13)19(23)24)10-16-12-25-18(21-16)14-4-2-1-3-5-14/h1-9,12H,10-11H2,(H,20,22)(H,23,24). The van der Waals surface area contributed by atoms with Gasteiger partial charge < -0.3 is 10.4 Å². The van der Waals surface area contributed by atoms with Crippen LogP contribution in [0, 0.1) is 0 Å². The fourth-order valence-corrected chi connectivity index (χ4v) is 3.12. The van der Waals surface area contributed by atoms with Gasteiger partial charge in [-0.1, -0.05) is 42.5 Å². The third-order valence-corrected chi connectivity index (χ3v) is 4.54. The Morgan fingerprint density at radius 2 is 1.76 bits per heavy atom. The Morgan fingerprint density at radius 1 is 1.04 bits per heavy atom. The van der Waals surface area contributed by atoms with Gasteiger partial charge in [-0.25, -0.2) is 9.78 Å². The fraction of sp³-hybridized carbons (Fsp3) is 0.105. The molecule has 0 atom stereocenters. The van der Waals surface area contributed by atoms with E-state index in [0.717, 1.165) is 21.8 Å². The lowest BCUT2D eigenvalue weighted by Crippen LogP contribution is -2.24. The molecule has 0 unspecified atom stereocenters. The highest BCUT2D eigenvalue weighted by molar-refractivity contribution is 7.13. The molecule has 0 fully saturated rings. The van der Waals surface area contributed by atoms with Crippen LogP contribution in [0.3, 0.4) is 0 Å². The van der Waals surface area contributed by atoms with Crippen LogP contribution in [-0.4, -0.2) is 22.0 Å². The zero-order valence-corrected chi connectivity index (χ0v) is 14.1. The Hall–Kier alpha value is -2.99. The Labute approximate surface area is 149 Å². The van der Waals surface area contributed by atoms with Crippen molar-refractivity contribution in [2.24, 2.45) is 0 Å². The molecule has 0 aliphatic heterocycles. The van der Waals surface area contributed by atoms with Crippen molar-refractivity contribution in [3.8, 4) is 10.6 Å². The van der Waals surface area contributed by atoms with Gasteiger partial charge in [0.2, 0.25) is 5.91 Å². The van der Waals surface area contributed by atoms with Gasteiger partial charge in [-0.3, -0.25) is 4.79 Å². The summed E-state index contributed by atoms with van der Waals surface area (Å²) in [6, 6.07) is 16.3. The Balaban J connectivity index is 1.54. The van der Waals surface area contributed by atoms with Crippen molar-refractivity contribution in [1.29, 1.82) is 0 Å². The highest BCUT2D eigenvalue weighted by Crippen LogP contribution is 2.23. The van der Waals surface area contributed by atoms with E-state index in [0.29, 0.717) is 6.54 Å². The minimum atomic E-state index is -0.965. The second-order valence-corrected chi connectivity index (χ2v) is 6.32. The zero-order valence-electron chi connectivity index (χ0n) is 13.3. The average Bonchev–Trinajstić information content (AvgIpc) is 3.09. The van der Waals surface area contributed by atoms with E-state index < -0.39 is 5.97 Å². The molecular weight excluding hydrogens is 336 g/mol. The first-order valence-corrected chi connectivity index (χ1v) is 8.58. The van der Waals surface area contributed by atoms with Crippen LogP contribution in [-0.2, 0) is 17.8 Å². The number of aromatic nitrogens is 1. The van der Waals surface area contributed by atoms with Crippen LogP contribution in [0.5, 0.6) is 0 Å². The van der Waals surface area contributed by atoms with Crippen molar-refractivity contribution in [2.45, 2.75) is 13.0 Å². The fourth-order valence-electron chi connectivity index (χ4n) is 2.29. The minimum absolute atomic E-state index is 0.118. The number of nitrogens with zero attached hydrogens (tertiary/aromatic N) is 1. The molecule has 2 aromatic carbocycles. The normalized spacial score (nSPS) is 10.4. The van der Waals surface area contributed by atoms with Gasteiger partial charge in [0, 0.05) is 17.5 Å². The quantitative estimate of drug-likeness (QED) is 0.713. The summed E-state index contributed by atoms with van der Waals surface area (Å²) in [5, 5.41) is 14.5.